The Morgan fingerprint density at radius 1 is 0.583 bits per heavy atom. The van der Waals surface area contributed by atoms with Crippen molar-refractivity contribution in [3.8, 4) is 0 Å². The highest BCUT2D eigenvalue weighted by Crippen LogP contribution is 2.37. The van der Waals surface area contributed by atoms with E-state index in [2.05, 4.69) is 0 Å². The van der Waals surface area contributed by atoms with Gasteiger partial charge in [-0.05, 0) is 23.7 Å². The SMILES string of the molecule is C[C@@H]1C(O)[C@@H](C)[C@@H](C)C(O)[C@H]1C. The third-order valence-corrected chi connectivity index (χ3v) is 3.81. The maximum absolute atomic E-state index is 9.79. The molecule has 72 valence electrons. The summed E-state index contributed by atoms with van der Waals surface area (Å²) in [5.74, 6) is 0.856. The van der Waals surface area contributed by atoms with Gasteiger partial charge in [0.05, 0.1) is 12.2 Å². The van der Waals surface area contributed by atoms with Gasteiger partial charge in [-0.2, -0.15) is 0 Å². The third kappa shape index (κ3) is 1.38. The molecule has 0 aliphatic heterocycles. The van der Waals surface area contributed by atoms with Crippen molar-refractivity contribution in [1.82, 2.24) is 0 Å². The van der Waals surface area contributed by atoms with E-state index in [1.807, 2.05) is 27.7 Å². The second-order valence-corrected chi connectivity index (χ2v) is 4.42. The summed E-state index contributed by atoms with van der Waals surface area (Å²) in [5.41, 5.74) is 0. The molecule has 2 N–H and O–H groups in total. The highest BCUT2D eigenvalue weighted by Gasteiger charge is 2.41. The van der Waals surface area contributed by atoms with Crippen molar-refractivity contribution in [2.24, 2.45) is 23.7 Å². The standard InChI is InChI=1S/C10H20O2/c1-5-6(2)10(12)8(4)7(3)9(5)11/h5-12H,1-4H3/t5-,6-,7-,8+,9?,10?/m0/s1. The van der Waals surface area contributed by atoms with Crippen LogP contribution in [0.3, 0.4) is 0 Å². The van der Waals surface area contributed by atoms with Crippen molar-refractivity contribution in [2.45, 2.75) is 39.9 Å². The summed E-state index contributed by atoms with van der Waals surface area (Å²) in [7, 11) is 0. The Kier molecular flexibility index (Phi) is 2.79. The van der Waals surface area contributed by atoms with Crippen molar-refractivity contribution in [3.63, 3.8) is 0 Å². The first-order valence-electron chi connectivity index (χ1n) is 4.83. The van der Waals surface area contributed by atoms with E-state index in [1.54, 1.807) is 0 Å². The zero-order chi connectivity index (χ0) is 9.46. The summed E-state index contributed by atoms with van der Waals surface area (Å²) in [6, 6.07) is 0. The molecule has 1 saturated carbocycles. The van der Waals surface area contributed by atoms with Gasteiger partial charge >= 0.3 is 0 Å². The van der Waals surface area contributed by atoms with E-state index in [9.17, 15) is 10.2 Å². The van der Waals surface area contributed by atoms with Gasteiger partial charge in [0, 0.05) is 0 Å². The summed E-state index contributed by atoms with van der Waals surface area (Å²) >= 11 is 0. The lowest BCUT2D eigenvalue weighted by atomic mass is 9.67. The molecule has 1 aliphatic carbocycles. The number of hydrogen-bond donors (Lipinski definition) is 2. The van der Waals surface area contributed by atoms with Crippen LogP contribution in [0.1, 0.15) is 27.7 Å². The molecule has 1 fully saturated rings. The fourth-order valence-corrected chi connectivity index (χ4v) is 2.20. The molecule has 0 radical (unpaired) electrons. The Balaban J connectivity index is 2.76. The molecular weight excluding hydrogens is 152 g/mol. The Bertz CT molecular complexity index is 99.4. The van der Waals surface area contributed by atoms with E-state index in [0.717, 1.165) is 0 Å². The van der Waals surface area contributed by atoms with Crippen LogP contribution >= 0.6 is 0 Å². The lowest BCUT2D eigenvalue weighted by Crippen LogP contribution is -2.48. The van der Waals surface area contributed by atoms with Gasteiger partial charge in [0.1, 0.15) is 0 Å². The van der Waals surface area contributed by atoms with Crippen LogP contribution in [0.2, 0.25) is 0 Å². The lowest BCUT2D eigenvalue weighted by molar-refractivity contribution is -0.0969. The van der Waals surface area contributed by atoms with E-state index in [4.69, 9.17) is 0 Å². The van der Waals surface area contributed by atoms with Crippen LogP contribution in [0.5, 0.6) is 0 Å². The first-order chi connectivity index (χ1) is 5.46. The minimum Gasteiger partial charge on any atom is -0.393 e. The van der Waals surface area contributed by atoms with Gasteiger partial charge < -0.3 is 10.2 Å². The Hall–Kier alpha value is -0.0800. The van der Waals surface area contributed by atoms with Crippen molar-refractivity contribution >= 4 is 0 Å². The number of aliphatic hydroxyl groups is 2. The molecule has 0 aromatic carbocycles. The smallest absolute Gasteiger partial charge is 0.0598 e. The highest BCUT2D eigenvalue weighted by atomic mass is 16.3. The van der Waals surface area contributed by atoms with E-state index in [0.29, 0.717) is 0 Å². The molecule has 0 amide bonds. The predicted molar refractivity (Wildman–Crippen MR) is 48.7 cm³/mol. The molecule has 2 nitrogen and oxygen atoms in total. The summed E-state index contributed by atoms with van der Waals surface area (Å²) in [6.45, 7) is 8.06. The molecule has 0 bridgehead atoms. The van der Waals surface area contributed by atoms with Gasteiger partial charge in [0.15, 0.2) is 0 Å². The molecule has 2 heteroatoms. The van der Waals surface area contributed by atoms with E-state index in [1.165, 1.54) is 0 Å². The number of hydrogen-bond acceptors (Lipinski definition) is 2. The van der Waals surface area contributed by atoms with E-state index in [-0.39, 0.29) is 35.9 Å². The summed E-state index contributed by atoms with van der Waals surface area (Å²) in [5, 5.41) is 19.6. The van der Waals surface area contributed by atoms with Crippen molar-refractivity contribution in [3.05, 3.63) is 0 Å². The van der Waals surface area contributed by atoms with Gasteiger partial charge in [0.2, 0.25) is 0 Å². The summed E-state index contributed by atoms with van der Waals surface area (Å²) in [4.78, 5) is 0. The first-order valence-corrected chi connectivity index (χ1v) is 4.83. The monoisotopic (exact) mass is 172 g/mol. The van der Waals surface area contributed by atoms with Crippen LogP contribution in [-0.4, -0.2) is 22.4 Å². The molecule has 12 heavy (non-hydrogen) atoms. The zero-order valence-corrected chi connectivity index (χ0v) is 8.36. The molecule has 0 heterocycles. The molecule has 2 unspecified atom stereocenters. The van der Waals surface area contributed by atoms with Gasteiger partial charge in [-0.1, -0.05) is 27.7 Å². The predicted octanol–water partition coefficient (Wildman–Crippen LogP) is 1.27. The van der Waals surface area contributed by atoms with Crippen LogP contribution in [0.15, 0.2) is 0 Å². The normalized spacial score (nSPS) is 55.5. The fraction of sp³-hybridized carbons (Fsp3) is 1.00. The molecule has 0 spiro atoms. The maximum atomic E-state index is 9.79. The van der Waals surface area contributed by atoms with Crippen molar-refractivity contribution < 1.29 is 10.2 Å². The van der Waals surface area contributed by atoms with E-state index < -0.39 is 0 Å². The Labute approximate surface area is 74.6 Å². The molecule has 1 aliphatic rings. The quantitative estimate of drug-likeness (QED) is 0.577. The molecule has 0 saturated heterocycles. The van der Waals surface area contributed by atoms with Crippen molar-refractivity contribution in [1.29, 1.82) is 0 Å². The minimum absolute atomic E-state index is 0.214. The second-order valence-electron chi connectivity index (χ2n) is 4.42. The van der Waals surface area contributed by atoms with Gasteiger partial charge in [0.25, 0.3) is 0 Å². The second kappa shape index (κ2) is 3.35. The van der Waals surface area contributed by atoms with Gasteiger partial charge in [-0.3, -0.25) is 0 Å². The highest BCUT2D eigenvalue weighted by molar-refractivity contribution is 4.90. The maximum Gasteiger partial charge on any atom is 0.0598 e. The molecule has 0 aromatic rings. The largest absolute Gasteiger partial charge is 0.393 e. The Morgan fingerprint density at radius 2 is 0.750 bits per heavy atom. The molecule has 6 atom stereocenters. The Morgan fingerprint density at radius 3 is 0.917 bits per heavy atom. The molecule has 0 aromatic heterocycles. The number of aliphatic hydroxyl groups excluding tert-OH is 2. The van der Waals surface area contributed by atoms with Crippen LogP contribution < -0.4 is 0 Å². The van der Waals surface area contributed by atoms with Crippen LogP contribution in [0, 0.1) is 23.7 Å². The fourth-order valence-electron chi connectivity index (χ4n) is 2.20. The van der Waals surface area contributed by atoms with Crippen LogP contribution in [-0.2, 0) is 0 Å². The topological polar surface area (TPSA) is 40.5 Å². The van der Waals surface area contributed by atoms with Crippen molar-refractivity contribution in [2.75, 3.05) is 0 Å². The minimum atomic E-state index is -0.251. The zero-order valence-electron chi connectivity index (χ0n) is 8.36. The van der Waals surface area contributed by atoms with Crippen LogP contribution in [0.25, 0.3) is 0 Å². The summed E-state index contributed by atoms with van der Waals surface area (Å²) < 4.78 is 0. The van der Waals surface area contributed by atoms with Gasteiger partial charge in [-0.25, -0.2) is 0 Å². The first kappa shape index (κ1) is 10.0. The molecule has 1 rings (SSSR count). The summed E-state index contributed by atoms with van der Waals surface area (Å²) in [6.07, 6.45) is -0.503. The van der Waals surface area contributed by atoms with Crippen LogP contribution in [0.4, 0.5) is 0 Å². The number of rotatable bonds is 0. The lowest BCUT2D eigenvalue weighted by Gasteiger charge is -2.43. The molecular formula is C10H20O2. The third-order valence-electron chi connectivity index (χ3n) is 3.81. The average molecular weight is 172 g/mol. The average Bonchev–Trinajstić information content (AvgIpc) is 2.08. The van der Waals surface area contributed by atoms with Gasteiger partial charge in [-0.15, -0.1) is 0 Å². The van der Waals surface area contributed by atoms with E-state index >= 15 is 0 Å².